The van der Waals surface area contributed by atoms with Gasteiger partial charge in [-0.15, -0.1) is 0 Å². The molecule has 0 aliphatic heterocycles. The fourth-order valence-corrected chi connectivity index (χ4v) is 1.36. The third-order valence-corrected chi connectivity index (χ3v) is 2.28. The second kappa shape index (κ2) is 16.5. The molecule has 83 valence electrons. The Kier molecular flexibility index (Phi) is 20.6. The third-order valence-electron chi connectivity index (χ3n) is 2.28. The van der Waals surface area contributed by atoms with E-state index in [4.69, 9.17) is 4.74 Å². The van der Waals surface area contributed by atoms with Crippen LogP contribution in [0.5, 0.6) is 0 Å². The van der Waals surface area contributed by atoms with Gasteiger partial charge in [0.05, 0.1) is 0 Å². The molecule has 0 bridgehead atoms. The first-order valence-electron chi connectivity index (χ1n) is 5.99. The van der Waals surface area contributed by atoms with Crippen molar-refractivity contribution in [3.8, 4) is 0 Å². The predicted octanol–water partition coefficient (Wildman–Crippen LogP) is 4.16. The van der Waals surface area contributed by atoms with Crippen LogP contribution >= 0.6 is 0 Å². The van der Waals surface area contributed by atoms with Gasteiger partial charge in [0.15, 0.2) is 0 Å². The molecule has 0 amide bonds. The number of unbranched alkanes of at least 4 members (excludes halogenated alkanes) is 6. The molecule has 0 rings (SSSR count). The zero-order chi connectivity index (χ0) is 9.78. The van der Waals surface area contributed by atoms with Crippen molar-refractivity contribution in [3.05, 3.63) is 0 Å². The van der Waals surface area contributed by atoms with Gasteiger partial charge >= 0.3 is 0 Å². The summed E-state index contributed by atoms with van der Waals surface area (Å²) in [7, 11) is 0. The Hall–Kier alpha value is 1.06. The van der Waals surface area contributed by atoms with Gasteiger partial charge in [-0.25, -0.2) is 0 Å². The molecule has 0 atom stereocenters. The minimum absolute atomic E-state index is 0. The third kappa shape index (κ3) is 15.5. The first-order valence-corrected chi connectivity index (χ1v) is 5.99. The molecule has 0 aliphatic rings. The molecule has 2 heteroatoms. The zero-order valence-corrected chi connectivity index (χ0v) is 12.9. The second-order valence-corrected chi connectivity index (χ2v) is 3.73. The molecule has 0 unspecified atom stereocenters. The van der Waals surface area contributed by atoms with E-state index in [1.54, 1.807) is 0 Å². The smallest absolute Gasteiger partial charge is 0.0466 e. The molecule has 0 N–H and O–H groups in total. The molecule has 1 nitrogen and oxygen atoms in total. The van der Waals surface area contributed by atoms with Crippen molar-refractivity contribution in [2.75, 3.05) is 13.2 Å². The Morgan fingerprint density at radius 2 is 1.07 bits per heavy atom. The van der Waals surface area contributed by atoms with Gasteiger partial charge in [-0.1, -0.05) is 52.4 Å². The molecule has 1 radical (unpaired) electrons. The minimum atomic E-state index is 0. The van der Waals surface area contributed by atoms with Gasteiger partial charge in [0, 0.05) is 45.9 Å². The van der Waals surface area contributed by atoms with E-state index in [1.807, 2.05) is 0 Å². The van der Waals surface area contributed by atoms with Crippen LogP contribution in [0.1, 0.15) is 65.2 Å². The normalized spacial score (nSPS) is 9.86. The van der Waals surface area contributed by atoms with Crippen LogP contribution in [0.2, 0.25) is 0 Å². The Morgan fingerprint density at radius 3 is 1.43 bits per heavy atom. The number of hydrogen-bond donors (Lipinski definition) is 0. The Labute approximate surface area is 115 Å². The molecule has 0 spiro atoms. The van der Waals surface area contributed by atoms with Crippen LogP contribution in [0.15, 0.2) is 0 Å². The quantitative estimate of drug-likeness (QED) is 0.544. The van der Waals surface area contributed by atoms with Gasteiger partial charge in [0.1, 0.15) is 0 Å². The molecule has 0 saturated carbocycles. The van der Waals surface area contributed by atoms with Crippen LogP contribution in [0.25, 0.3) is 0 Å². The summed E-state index contributed by atoms with van der Waals surface area (Å²) in [5.41, 5.74) is 0. The zero-order valence-electron chi connectivity index (χ0n) is 10.1. The van der Waals surface area contributed by atoms with Crippen molar-refractivity contribution >= 4 is 0 Å². The first-order chi connectivity index (χ1) is 6.41. The van der Waals surface area contributed by atoms with E-state index in [0.29, 0.717) is 0 Å². The summed E-state index contributed by atoms with van der Waals surface area (Å²) in [6.07, 6.45) is 10.5. The van der Waals surface area contributed by atoms with Crippen LogP contribution in [0.4, 0.5) is 0 Å². The number of ether oxygens (including phenoxy) is 1. The fourth-order valence-electron chi connectivity index (χ4n) is 1.36. The Bertz CT molecular complexity index is 76.4. The van der Waals surface area contributed by atoms with E-state index in [9.17, 15) is 0 Å². The summed E-state index contributed by atoms with van der Waals surface area (Å²) in [6, 6.07) is 0. The average molecular weight is 275 g/mol. The first kappa shape index (κ1) is 17.5. The van der Waals surface area contributed by atoms with Crippen molar-refractivity contribution < 1.29 is 37.4 Å². The second-order valence-electron chi connectivity index (χ2n) is 3.73. The van der Waals surface area contributed by atoms with Gasteiger partial charge in [-0.05, 0) is 12.8 Å². The van der Waals surface area contributed by atoms with Gasteiger partial charge < -0.3 is 4.74 Å². The molecule has 0 fully saturated rings. The summed E-state index contributed by atoms with van der Waals surface area (Å²) in [5, 5.41) is 0. The fraction of sp³-hybridized carbons (Fsp3) is 1.00. The maximum atomic E-state index is 5.53. The molecule has 0 saturated heterocycles. The summed E-state index contributed by atoms with van der Waals surface area (Å²) in [6.45, 7) is 6.44. The Balaban J connectivity index is 0. The summed E-state index contributed by atoms with van der Waals surface area (Å²) in [4.78, 5) is 0. The molecule has 14 heavy (non-hydrogen) atoms. The van der Waals surface area contributed by atoms with E-state index in [-0.39, 0.29) is 32.7 Å². The van der Waals surface area contributed by atoms with Gasteiger partial charge in [-0.3, -0.25) is 0 Å². The SMILES string of the molecule is CCCCCCOCCCCCC.[Y]. The van der Waals surface area contributed by atoms with Crippen molar-refractivity contribution in [1.82, 2.24) is 0 Å². The van der Waals surface area contributed by atoms with Gasteiger partial charge in [0.2, 0.25) is 0 Å². The molecule has 0 aliphatic carbocycles. The maximum absolute atomic E-state index is 5.53. The predicted molar refractivity (Wildman–Crippen MR) is 59.1 cm³/mol. The van der Waals surface area contributed by atoms with Crippen LogP contribution < -0.4 is 0 Å². The minimum Gasteiger partial charge on any atom is -0.381 e. The van der Waals surface area contributed by atoms with Crippen molar-refractivity contribution in [1.29, 1.82) is 0 Å². The van der Waals surface area contributed by atoms with E-state index in [2.05, 4.69) is 13.8 Å². The monoisotopic (exact) mass is 275 g/mol. The number of rotatable bonds is 10. The van der Waals surface area contributed by atoms with Crippen LogP contribution in [-0.4, -0.2) is 13.2 Å². The van der Waals surface area contributed by atoms with E-state index in [1.165, 1.54) is 51.4 Å². The number of hydrogen-bond acceptors (Lipinski definition) is 1. The molecular weight excluding hydrogens is 249 g/mol. The van der Waals surface area contributed by atoms with Crippen molar-refractivity contribution in [3.63, 3.8) is 0 Å². The topological polar surface area (TPSA) is 9.23 Å². The average Bonchev–Trinajstić information content (AvgIpc) is 2.16. The van der Waals surface area contributed by atoms with Crippen molar-refractivity contribution in [2.24, 2.45) is 0 Å². The Morgan fingerprint density at radius 1 is 0.643 bits per heavy atom. The molecular formula is C12H26OY. The largest absolute Gasteiger partial charge is 0.381 e. The van der Waals surface area contributed by atoms with Crippen molar-refractivity contribution in [2.45, 2.75) is 65.2 Å². The van der Waals surface area contributed by atoms with Crippen LogP contribution in [0.3, 0.4) is 0 Å². The molecule has 0 aromatic heterocycles. The van der Waals surface area contributed by atoms with E-state index < -0.39 is 0 Å². The van der Waals surface area contributed by atoms with E-state index >= 15 is 0 Å². The van der Waals surface area contributed by atoms with Gasteiger partial charge in [0.25, 0.3) is 0 Å². The summed E-state index contributed by atoms with van der Waals surface area (Å²) in [5.74, 6) is 0. The summed E-state index contributed by atoms with van der Waals surface area (Å²) >= 11 is 0. The molecule has 0 aromatic carbocycles. The molecule has 0 aromatic rings. The van der Waals surface area contributed by atoms with Gasteiger partial charge in [-0.2, -0.15) is 0 Å². The maximum Gasteiger partial charge on any atom is 0.0466 e. The van der Waals surface area contributed by atoms with Crippen LogP contribution in [-0.2, 0) is 37.4 Å². The van der Waals surface area contributed by atoms with Crippen LogP contribution in [0, 0.1) is 0 Å². The van der Waals surface area contributed by atoms with E-state index in [0.717, 1.165) is 13.2 Å². The standard InChI is InChI=1S/C12H26O.Y/c1-3-5-7-9-11-13-12-10-8-6-4-2;/h3-12H2,1-2H3;. The molecule has 0 heterocycles. The summed E-state index contributed by atoms with van der Waals surface area (Å²) < 4.78 is 5.53.